The highest BCUT2D eigenvalue weighted by Gasteiger charge is 2.09. The van der Waals surface area contributed by atoms with Crippen molar-refractivity contribution in [3.63, 3.8) is 0 Å². The lowest BCUT2D eigenvalue weighted by atomic mass is 10.1. The highest BCUT2D eigenvalue weighted by Crippen LogP contribution is 2.25. The Hall–Kier alpha value is -0.0900. The third-order valence-corrected chi connectivity index (χ3v) is 2.54. The molecule has 0 radical (unpaired) electrons. The monoisotopic (exact) mass is 263 g/mol. The minimum atomic E-state index is -0.171. The maximum absolute atomic E-state index is 5.97. The maximum Gasteiger partial charge on any atom is 0.0656 e. The van der Waals surface area contributed by atoms with E-state index in [-0.39, 0.29) is 6.04 Å². The van der Waals surface area contributed by atoms with E-state index in [1.165, 1.54) is 0 Å². The molecule has 1 aromatic rings. The van der Waals surface area contributed by atoms with Crippen molar-refractivity contribution in [3.8, 4) is 0 Å². The van der Waals surface area contributed by atoms with Crippen molar-refractivity contribution in [1.29, 1.82) is 0 Å². The van der Waals surface area contributed by atoms with Crippen LogP contribution in [0.2, 0.25) is 5.02 Å². The van der Waals surface area contributed by atoms with Crippen molar-refractivity contribution in [2.75, 3.05) is 13.7 Å². The molecule has 1 atom stereocenters. The molecule has 0 aliphatic carbocycles. The van der Waals surface area contributed by atoms with Crippen LogP contribution in [0.25, 0.3) is 0 Å². The number of hydrogen-bond donors (Lipinski definition) is 1. The Morgan fingerprint density at radius 3 is 2.92 bits per heavy atom. The van der Waals surface area contributed by atoms with Gasteiger partial charge in [0.2, 0.25) is 0 Å². The second kappa shape index (κ2) is 4.96. The zero-order valence-electron chi connectivity index (χ0n) is 7.26. The summed E-state index contributed by atoms with van der Waals surface area (Å²) in [7, 11) is 1.62. The first kappa shape index (κ1) is 11.0. The van der Waals surface area contributed by atoms with Crippen LogP contribution in [0.15, 0.2) is 22.7 Å². The highest BCUT2D eigenvalue weighted by molar-refractivity contribution is 9.10. The van der Waals surface area contributed by atoms with Crippen molar-refractivity contribution in [1.82, 2.24) is 0 Å². The van der Waals surface area contributed by atoms with Crippen molar-refractivity contribution in [2.45, 2.75) is 6.04 Å². The van der Waals surface area contributed by atoms with Gasteiger partial charge in [-0.1, -0.05) is 27.5 Å². The summed E-state index contributed by atoms with van der Waals surface area (Å²) >= 11 is 9.33. The van der Waals surface area contributed by atoms with Crippen LogP contribution in [-0.2, 0) is 4.74 Å². The molecular weight excluding hydrogens is 253 g/mol. The van der Waals surface area contributed by atoms with Gasteiger partial charge in [0.15, 0.2) is 0 Å². The molecule has 1 rings (SSSR count). The molecule has 0 bridgehead atoms. The van der Waals surface area contributed by atoms with Crippen LogP contribution in [-0.4, -0.2) is 13.7 Å². The minimum absolute atomic E-state index is 0.171. The summed E-state index contributed by atoms with van der Waals surface area (Å²) in [6, 6.07) is 5.43. The van der Waals surface area contributed by atoms with Crippen LogP contribution in [0, 0.1) is 0 Å². The van der Waals surface area contributed by atoms with E-state index >= 15 is 0 Å². The fourth-order valence-electron chi connectivity index (χ4n) is 1.07. The molecule has 0 saturated carbocycles. The van der Waals surface area contributed by atoms with Crippen molar-refractivity contribution < 1.29 is 4.74 Å². The SMILES string of the molecule is COCC(N)c1cc(Br)ccc1Cl. The zero-order valence-corrected chi connectivity index (χ0v) is 9.60. The molecule has 1 unspecified atom stereocenters. The summed E-state index contributed by atoms with van der Waals surface area (Å²) in [4.78, 5) is 0. The van der Waals surface area contributed by atoms with E-state index in [2.05, 4.69) is 15.9 Å². The smallest absolute Gasteiger partial charge is 0.0656 e. The van der Waals surface area contributed by atoms with Crippen LogP contribution >= 0.6 is 27.5 Å². The number of benzene rings is 1. The van der Waals surface area contributed by atoms with Crippen molar-refractivity contribution in [3.05, 3.63) is 33.3 Å². The first-order valence-corrected chi connectivity index (χ1v) is 5.01. The van der Waals surface area contributed by atoms with Gasteiger partial charge in [-0.25, -0.2) is 0 Å². The molecule has 0 aliphatic rings. The molecule has 4 heteroatoms. The van der Waals surface area contributed by atoms with Gasteiger partial charge in [-0.05, 0) is 23.8 Å². The predicted molar refractivity (Wildman–Crippen MR) is 58.0 cm³/mol. The number of methoxy groups -OCH3 is 1. The molecule has 72 valence electrons. The van der Waals surface area contributed by atoms with E-state index in [0.29, 0.717) is 11.6 Å². The van der Waals surface area contributed by atoms with Crippen LogP contribution in [0.5, 0.6) is 0 Å². The summed E-state index contributed by atoms with van der Waals surface area (Å²) in [6.45, 7) is 0.468. The Kier molecular flexibility index (Phi) is 4.19. The van der Waals surface area contributed by atoms with Gasteiger partial charge in [0.25, 0.3) is 0 Å². The average Bonchev–Trinajstić information content (AvgIpc) is 2.09. The molecule has 0 aliphatic heterocycles. The molecule has 0 spiro atoms. The average molecular weight is 265 g/mol. The Labute approximate surface area is 91.2 Å². The van der Waals surface area contributed by atoms with E-state index in [4.69, 9.17) is 22.1 Å². The topological polar surface area (TPSA) is 35.2 Å². The Morgan fingerprint density at radius 2 is 2.31 bits per heavy atom. The number of rotatable bonds is 3. The molecule has 2 nitrogen and oxygen atoms in total. The normalized spacial score (nSPS) is 12.9. The lowest BCUT2D eigenvalue weighted by Gasteiger charge is -2.12. The third-order valence-electron chi connectivity index (χ3n) is 1.70. The van der Waals surface area contributed by atoms with Gasteiger partial charge in [0.05, 0.1) is 12.6 Å². The molecule has 0 fully saturated rings. The Balaban J connectivity index is 2.91. The van der Waals surface area contributed by atoms with E-state index in [0.717, 1.165) is 10.0 Å². The van der Waals surface area contributed by atoms with Crippen molar-refractivity contribution in [2.24, 2.45) is 5.73 Å². The third kappa shape index (κ3) is 2.95. The summed E-state index contributed by atoms with van der Waals surface area (Å²) in [5, 5.41) is 0.674. The van der Waals surface area contributed by atoms with Gasteiger partial charge in [-0.15, -0.1) is 0 Å². The molecule has 0 amide bonds. The highest BCUT2D eigenvalue weighted by atomic mass is 79.9. The Morgan fingerprint density at radius 1 is 1.62 bits per heavy atom. The van der Waals surface area contributed by atoms with Gasteiger partial charge < -0.3 is 10.5 Å². The van der Waals surface area contributed by atoms with Gasteiger partial charge in [0, 0.05) is 16.6 Å². The lowest BCUT2D eigenvalue weighted by Crippen LogP contribution is -2.16. The number of halogens is 2. The molecule has 13 heavy (non-hydrogen) atoms. The first-order valence-electron chi connectivity index (χ1n) is 3.84. The minimum Gasteiger partial charge on any atom is -0.383 e. The van der Waals surface area contributed by atoms with Gasteiger partial charge in [0.1, 0.15) is 0 Å². The van der Waals surface area contributed by atoms with Gasteiger partial charge in [-0.3, -0.25) is 0 Å². The van der Waals surface area contributed by atoms with Gasteiger partial charge >= 0.3 is 0 Å². The number of ether oxygens (including phenoxy) is 1. The van der Waals surface area contributed by atoms with E-state index in [1.807, 2.05) is 18.2 Å². The molecule has 0 heterocycles. The summed E-state index contributed by atoms with van der Waals surface area (Å²) < 4.78 is 5.92. The molecule has 0 saturated heterocycles. The quantitative estimate of drug-likeness (QED) is 0.911. The van der Waals surface area contributed by atoms with E-state index in [9.17, 15) is 0 Å². The maximum atomic E-state index is 5.97. The lowest BCUT2D eigenvalue weighted by molar-refractivity contribution is 0.181. The van der Waals surface area contributed by atoms with E-state index in [1.54, 1.807) is 7.11 Å². The second-order valence-electron chi connectivity index (χ2n) is 2.73. The Bertz CT molecular complexity index is 293. The molecule has 1 aromatic carbocycles. The summed E-state index contributed by atoms with van der Waals surface area (Å²) in [5.74, 6) is 0. The van der Waals surface area contributed by atoms with Crippen LogP contribution in [0.3, 0.4) is 0 Å². The van der Waals surface area contributed by atoms with Crippen LogP contribution < -0.4 is 5.73 Å². The zero-order chi connectivity index (χ0) is 9.84. The molecular formula is C9H11BrClNO. The van der Waals surface area contributed by atoms with Gasteiger partial charge in [-0.2, -0.15) is 0 Å². The fraction of sp³-hybridized carbons (Fsp3) is 0.333. The number of hydrogen-bond acceptors (Lipinski definition) is 2. The van der Waals surface area contributed by atoms with Crippen LogP contribution in [0.1, 0.15) is 11.6 Å². The summed E-state index contributed by atoms with van der Waals surface area (Å²) in [6.07, 6.45) is 0. The summed E-state index contributed by atoms with van der Waals surface area (Å²) in [5.41, 5.74) is 6.75. The standard InChI is InChI=1S/C9H11BrClNO/c1-13-5-9(12)7-4-6(10)2-3-8(7)11/h2-4,9H,5,12H2,1H3. The first-order chi connectivity index (χ1) is 6.15. The fourth-order valence-corrected chi connectivity index (χ4v) is 1.70. The van der Waals surface area contributed by atoms with E-state index < -0.39 is 0 Å². The molecule has 2 N–H and O–H groups in total. The second-order valence-corrected chi connectivity index (χ2v) is 4.05. The number of nitrogens with two attached hydrogens (primary N) is 1. The van der Waals surface area contributed by atoms with Crippen LogP contribution in [0.4, 0.5) is 0 Å². The molecule has 0 aromatic heterocycles. The predicted octanol–water partition coefficient (Wildman–Crippen LogP) is 2.75. The largest absolute Gasteiger partial charge is 0.383 e. The van der Waals surface area contributed by atoms with Crippen molar-refractivity contribution >= 4 is 27.5 Å².